The number of fused-ring (bicyclic) bond motifs is 1. The van der Waals surface area contributed by atoms with E-state index in [0.717, 1.165) is 61.7 Å². The van der Waals surface area contributed by atoms with Gasteiger partial charge in [0.2, 0.25) is 0 Å². The summed E-state index contributed by atoms with van der Waals surface area (Å²) in [5.74, 6) is 1.40. The van der Waals surface area contributed by atoms with E-state index in [1.54, 1.807) is 14.2 Å². The Morgan fingerprint density at radius 2 is 1.93 bits per heavy atom. The van der Waals surface area contributed by atoms with Gasteiger partial charge in [0.1, 0.15) is 5.65 Å². The predicted octanol–water partition coefficient (Wildman–Crippen LogP) is 3.47. The van der Waals surface area contributed by atoms with Crippen molar-refractivity contribution >= 4 is 17.2 Å². The fraction of sp³-hybridized carbons (Fsp3) is 0.381. The van der Waals surface area contributed by atoms with Gasteiger partial charge in [-0.3, -0.25) is 4.90 Å². The van der Waals surface area contributed by atoms with Crippen LogP contribution < -0.4 is 14.8 Å². The Bertz CT molecular complexity index is 964. The van der Waals surface area contributed by atoms with Crippen LogP contribution in [0.25, 0.3) is 16.9 Å². The Kier molecular flexibility index (Phi) is 5.71. The van der Waals surface area contributed by atoms with Crippen LogP contribution in [-0.2, 0) is 6.54 Å². The molecule has 1 aromatic carbocycles. The average Bonchev–Trinajstić information content (AvgIpc) is 2.88. The van der Waals surface area contributed by atoms with Crippen LogP contribution in [0, 0.1) is 0 Å². The molecule has 7 heteroatoms. The van der Waals surface area contributed by atoms with Crippen LogP contribution in [0.4, 0.5) is 0 Å². The molecule has 0 amide bonds. The number of hydrogen-bond donors (Lipinski definition) is 1. The summed E-state index contributed by atoms with van der Waals surface area (Å²) >= 11 is 6.29. The topological polar surface area (TPSA) is 51.0 Å². The van der Waals surface area contributed by atoms with Gasteiger partial charge < -0.3 is 19.2 Å². The summed E-state index contributed by atoms with van der Waals surface area (Å²) in [6, 6.07) is 9.76. The number of ether oxygens (including phenoxy) is 2. The molecule has 3 aromatic rings. The molecule has 148 valence electrons. The number of hydrogen-bond acceptors (Lipinski definition) is 5. The maximum Gasteiger partial charge on any atom is 0.161 e. The van der Waals surface area contributed by atoms with Gasteiger partial charge in [-0.1, -0.05) is 11.6 Å². The maximum atomic E-state index is 6.29. The Morgan fingerprint density at radius 3 is 2.75 bits per heavy atom. The number of methoxy groups -OCH3 is 2. The van der Waals surface area contributed by atoms with Crippen LogP contribution in [0.2, 0.25) is 5.02 Å². The van der Waals surface area contributed by atoms with Gasteiger partial charge in [0.05, 0.1) is 30.6 Å². The summed E-state index contributed by atoms with van der Waals surface area (Å²) in [6.45, 7) is 4.96. The van der Waals surface area contributed by atoms with E-state index in [4.69, 9.17) is 26.1 Å². The molecule has 0 atom stereocenters. The number of nitrogens with one attached hydrogen (secondary N) is 1. The lowest BCUT2D eigenvalue weighted by atomic mass is 10.1. The molecule has 28 heavy (non-hydrogen) atoms. The quantitative estimate of drug-likeness (QED) is 0.710. The van der Waals surface area contributed by atoms with E-state index in [2.05, 4.69) is 14.6 Å². The van der Waals surface area contributed by atoms with E-state index in [1.165, 1.54) is 0 Å². The van der Waals surface area contributed by atoms with Crippen molar-refractivity contribution in [3.8, 4) is 22.8 Å². The zero-order valence-corrected chi connectivity index (χ0v) is 17.0. The van der Waals surface area contributed by atoms with Crippen LogP contribution in [0.5, 0.6) is 11.5 Å². The van der Waals surface area contributed by atoms with Crippen LogP contribution >= 0.6 is 11.6 Å². The van der Waals surface area contributed by atoms with Crippen molar-refractivity contribution in [1.82, 2.24) is 19.6 Å². The molecule has 2 aromatic heterocycles. The van der Waals surface area contributed by atoms with E-state index in [0.29, 0.717) is 16.5 Å². The molecule has 1 aliphatic heterocycles. The first-order valence-corrected chi connectivity index (χ1v) is 9.89. The minimum absolute atomic E-state index is 0.694. The number of benzene rings is 1. The number of aromatic nitrogens is 2. The third kappa shape index (κ3) is 3.81. The van der Waals surface area contributed by atoms with Gasteiger partial charge in [-0.15, -0.1) is 0 Å². The SMILES string of the molecule is COc1ccc(-c2nc3ccc(Cl)cn3c2CN2CCCNCC2)cc1OC. The lowest BCUT2D eigenvalue weighted by molar-refractivity contribution is 0.281. The number of pyridine rings is 1. The van der Waals surface area contributed by atoms with Crippen molar-refractivity contribution < 1.29 is 9.47 Å². The second kappa shape index (κ2) is 8.39. The van der Waals surface area contributed by atoms with E-state index in [1.807, 2.05) is 36.5 Å². The molecule has 3 heterocycles. The van der Waals surface area contributed by atoms with Gasteiger partial charge in [0.25, 0.3) is 0 Å². The highest BCUT2D eigenvalue weighted by atomic mass is 35.5. The first-order chi connectivity index (χ1) is 13.7. The number of halogens is 1. The smallest absolute Gasteiger partial charge is 0.161 e. The van der Waals surface area contributed by atoms with Gasteiger partial charge in [-0.2, -0.15) is 0 Å². The van der Waals surface area contributed by atoms with Crippen LogP contribution in [0.3, 0.4) is 0 Å². The molecule has 1 saturated heterocycles. The monoisotopic (exact) mass is 400 g/mol. The van der Waals surface area contributed by atoms with Crippen molar-refractivity contribution in [1.29, 1.82) is 0 Å². The third-order valence-corrected chi connectivity index (χ3v) is 5.37. The average molecular weight is 401 g/mol. The van der Waals surface area contributed by atoms with Crippen molar-refractivity contribution in [2.75, 3.05) is 40.4 Å². The first-order valence-electron chi connectivity index (χ1n) is 9.51. The Labute approximate surface area is 170 Å². The lowest BCUT2D eigenvalue weighted by Gasteiger charge is -2.20. The Morgan fingerprint density at radius 1 is 1.07 bits per heavy atom. The largest absolute Gasteiger partial charge is 0.493 e. The second-order valence-corrected chi connectivity index (χ2v) is 7.37. The maximum absolute atomic E-state index is 6.29. The predicted molar refractivity (Wildman–Crippen MR) is 112 cm³/mol. The number of nitrogens with zero attached hydrogens (tertiary/aromatic N) is 3. The summed E-state index contributed by atoms with van der Waals surface area (Å²) in [4.78, 5) is 7.38. The molecule has 0 aliphatic carbocycles. The van der Waals surface area contributed by atoms with Gasteiger partial charge in [0.15, 0.2) is 11.5 Å². The molecule has 0 radical (unpaired) electrons. The molecule has 1 fully saturated rings. The number of imidazole rings is 1. The van der Waals surface area contributed by atoms with Gasteiger partial charge in [0, 0.05) is 31.4 Å². The molecule has 0 spiro atoms. The normalized spacial score (nSPS) is 15.5. The first kappa shape index (κ1) is 19.1. The highest BCUT2D eigenvalue weighted by Gasteiger charge is 2.19. The molecular formula is C21H25ClN4O2. The fourth-order valence-electron chi connectivity index (χ4n) is 3.70. The zero-order valence-electron chi connectivity index (χ0n) is 16.2. The molecule has 6 nitrogen and oxygen atoms in total. The van der Waals surface area contributed by atoms with Crippen molar-refractivity contribution in [2.45, 2.75) is 13.0 Å². The molecule has 4 rings (SSSR count). The van der Waals surface area contributed by atoms with E-state index in [-0.39, 0.29) is 0 Å². The van der Waals surface area contributed by atoms with Crippen molar-refractivity contribution in [2.24, 2.45) is 0 Å². The minimum Gasteiger partial charge on any atom is -0.493 e. The minimum atomic E-state index is 0.694. The van der Waals surface area contributed by atoms with Crippen molar-refractivity contribution in [3.63, 3.8) is 0 Å². The van der Waals surface area contributed by atoms with Crippen LogP contribution in [0.15, 0.2) is 36.5 Å². The van der Waals surface area contributed by atoms with E-state index >= 15 is 0 Å². The molecule has 1 aliphatic rings. The van der Waals surface area contributed by atoms with Crippen LogP contribution in [0.1, 0.15) is 12.1 Å². The summed E-state index contributed by atoms with van der Waals surface area (Å²) in [7, 11) is 3.29. The Hall–Kier alpha value is -2.28. The highest BCUT2D eigenvalue weighted by molar-refractivity contribution is 6.30. The van der Waals surface area contributed by atoms with E-state index < -0.39 is 0 Å². The third-order valence-electron chi connectivity index (χ3n) is 5.14. The van der Waals surface area contributed by atoms with Gasteiger partial charge in [-0.25, -0.2) is 4.98 Å². The molecule has 0 unspecified atom stereocenters. The molecule has 1 N–H and O–H groups in total. The number of rotatable bonds is 5. The lowest BCUT2D eigenvalue weighted by Crippen LogP contribution is -2.28. The van der Waals surface area contributed by atoms with Crippen LogP contribution in [-0.4, -0.2) is 54.7 Å². The Balaban J connectivity index is 1.81. The molecular weight excluding hydrogens is 376 g/mol. The molecule has 0 bridgehead atoms. The second-order valence-electron chi connectivity index (χ2n) is 6.93. The van der Waals surface area contributed by atoms with Crippen molar-refractivity contribution in [3.05, 3.63) is 47.2 Å². The summed E-state index contributed by atoms with van der Waals surface area (Å²) in [6.07, 6.45) is 3.09. The van der Waals surface area contributed by atoms with E-state index in [9.17, 15) is 0 Å². The standard InChI is InChI=1S/C21H25ClN4O2/c1-27-18-6-4-15(12-19(18)28-2)21-17(14-25-10-3-8-23-9-11-25)26-13-16(22)5-7-20(26)24-21/h4-7,12-13,23H,3,8-11,14H2,1-2H3. The summed E-state index contributed by atoms with van der Waals surface area (Å²) in [5.41, 5.74) is 3.96. The van der Waals surface area contributed by atoms with Gasteiger partial charge >= 0.3 is 0 Å². The highest BCUT2D eigenvalue weighted by Crippen LogP contribution is 2.34. The summed E-state index contributed by atoms with van der Waals surface area (Å²) in [5, 5.41) is 4.16. The summed E-state index contributed by atoms with van der Waals surface area (Å²) < 4.78 is 13.0. The fourth-order valence-corrected chi connectivity index (χ4v) is 3.87. The van der Waals surface area contributed by atoms with Gasteiger partial charge in [-0.05, 0) is 49.8 Å². The zero-order chi connectivity index (χ0) is 19.5. The molecule has 0 saturated carbocycles.